The smallest absolute Gasteiger partial charge is 0.347 e. The van der Waals surface area contributed by atoms with Crippen LogP contribution in [0.4, 0.5) is 13.2 Å². The highest BCUT2D eigenvalue weighted by Crippen LogP contribution is 2.20. The lowest BCUT2D eigenvalue weighted by Crippen LogP contribution is -2.34. The zero-order valence-electron chi connectivity index (χ0n) is 6.17. The summed E-state index contributed by atoms with van der Waals surface area (Å²) >= 11 is 0. The van der Waals surface area contributed by atoms with Gasteiger partial charge in [0.25, 0.3) is 0 Å². The van der Waals surface area contributed by atoms with Gasteiger partial charge >= 0.3 is 6.18 Å². The molecule has 66 valence electrons. The van der Waals surface area contributed by atoms with Crippen molar-refractivity contribution in [3.05, 3.63) is 25.2 Å². The Balaban J connectivity index is 2.76. The SMILES string of the molecule is C=CN1C=CN=C(C(F)(F)F)C1. The predicted molar refractivity (Wildman–Crippen MR) is 39.5 cm³/mol. The van der Waals surface area contributed by atoms with Crippen molar-refractivity contribution in [1.82, 2.24) is 4.90 Å². The van der Waals surface area contributed by atoms with Crippen molar-refractivity contribution in [3.63, 3.8) is 0 Å². The van der Waals surface area contributed by atoms with Gasteiger partial charge in [0, 0.05) is 12.4 Å². The lowest BCUT2D eigenvalue weighted by molar-refractivity contribution is -0.0608. The summed E-state index contributed by atoms with van der Waals surface area (Å²) in [5, 5.41) is 0. The Labute approximate surface area is 67.7 Å². The molecule has 1 aliphatic heterocycles. The van der Waals surface area contributed by atoms with Gasteiger partial charge in [-0.3, -0.25) is 4.99 Å². The van der Waals surface area contributed by atoms with E-state index in [-0.39, 0.29) is 6.54 Å². The summed E-state index contributed by atoms with van der Waals surface area (Å²) in [4.78, 5) is 4.54. The van der Waals surface area contributed by atoms with Crippen LogP contribution in [0, 0.1) is 0 Å². The molecule has 0 fully saturated rings. The minimum Gasteiger partial charge on any atom is -0.347 e. The van der Waals surface area contributed by atoms with E-state index in [4.69, 9.17) is 0 Å². The first-order chi connectivity index (χ1) is 5.54. The van der Waals surface area contributed by atoms with Crippen molar-refractivity contribution >= 4 is 5.71 Å². The van der Waals surface area contributed by atoms with Crippen LogP contribution in [0.5, 0.6) is 0 Å². The molecule has 12 heavy (non-hydrogen) atoms. The van der Waals surface area contributed by atoms with Crippen LogP contribution in [0.25, 0.3) is 0 Å². The van der Waals surface area contributed by atoms with Gasteiger partial charge in [-0.05, 0) is 6.20 Å². The summed E-state index contributed by atoms with van der Waals surface area (Å²) in [6.07, 6.45) is -0.487. The third kappa shape index (κ3) is 1.87. The van der Waals surface area contributed by atoms with E-state index in [1.807, 2.05) is 0 Å². The summed E-state index contributed by atoms with van der Waals surface area (Å²) in [5.74, 6) is 0. The van der Waals surface area contributed by atoms with Gasteiger partial charge in [0.15, 0.2) is 0 Å². The Morgan fingerprint density at radius 3 is 2.75 bits per heavy atom. The van der Waals surface area contributed by atoms with Crippen molar-refractivity contribution in [1.29, 1.82) is 0 Å². The molecule has 2 nitrogen and oxygen atoms in total. The molecule has 0 bridgehead atoms. The quantitative estimate of drug-likeness (QED) is 0.596. The van der Waals surface area contributed by atoms with Crippen LogP contribution >= 0.6 is 0 Å². The number of rotatable bonds is 1. The number of alkyl halides is 3. The molecule has 0 saturated heterocycles. The largest absolute Gasteiger partial charge is 0.431 e. The molecule has 0 spiro atoms. The molecule has 0 atom stereocenters. The maximum absolute atomic E-state index is 12.0. The lowest BCUT2D eigenvalue weighted by atomic mass is 10.3. The molecule has 1 heterocycles. The Bertz CT molecular complexity index is 240. The lowest BCUT2D eigenvalue weighted by Gasteiger charge is -2.20. The highest BCUT2D eigenvalue weighted by molar-refractivity contribution is 5.92. The van der Waals surface area contributed by atoms with Gasteiger partial charge in [-0.15, -0.1) is 0 Å². The van der Waals surface area contributed by atoms with Crippen LogP contribution in [-0.2, 0) is 0 Å². The predicted octanol–water partition coefficient (Wildman–Crippen LogP) is 1.92. The molecule has 0 amide bonds. The molecule has 5 heteroatoms. The van der Waals surface area contributed by atoms with Gasteiger partial charge in [-0.25, -0.2) is 0 Å². The first-order valence-corrected chi connectivity index (χ1v) is 3.23. The van der Waals surface area contributed by atoms with Crippen LogP contribution in [0.15, 0.2) is 30.2 Å². The highest BCUT2D eigenvalue weighted by atomic mass is 19.4. The Hall–Kier alpha value is -1.26. The number of hydrogen-bond donors (Lipinski definition) is 0. The number of aliphatic imine (C=N–C) groups is 1. The van der Waals surface area contributed by atoms with Crippen LogP contribution in [0.3, 0.4) is 0 Å². The molecular formula is C7H7F3N2. The summed E-state index contributed by atoms with van der Waals surface area (Å²) in [7, 11) is 0. The second kappa shape index (κ2) is 3.00. The molecule has 0 aromatic carbocycles. The third-order valence-corrected chi connectivity index (χ3v) is 1.38. The Kier molecular flexibility index (Phi) is 2.21. The minimum absolute atomic E-state index is 0.260. The number of halogens is 3. The van der Waals surface area contributed by atoms with Gasteiger partial charge in [0.1, 0.15) is 5.71 Å². The Morgan fingerprint density at radius 2 is 2.25 bits per heavy atom. The van der Waals surface area contributed by atoms with E-state index in [2.05, 4.69) is 11.6 Å². The summed E-state index contributed by atoms with van der Waals surface area (Å²) in [6.45, 7) is 3.09. The normalized spacial score (nSPS) is 17.6. The zero-order valence-corrected chi connectivity index (χ0v) is 6.17. The second-order valence-electron chi connectivity index (χ2n) is 2.23. The van der Waals surface area contributed by atoms with E-state index >= 15 is 0 Å². The van der Waals surface area contributed by atoms with E-state index in [1.165, 1.54) is 17.3 Å². The summed E-state index contributed by atoms with van der Waals surface area (Å²) < 4.78 is 36.1. The topological polar surface area (TPSA) is 15.6 Å². The van der Waals surface area contributed by atoms with Crippen molar-refractivity contribution in [3.8, 4) is 0 Å². The molecule has 0 N–H and O–H groups in total. The molecule has 0 aromatic heterocycles. The monoisotopic (exact) mass is 176 g/mol. The van der Waals surface area contributed by atoms with E-state index < -0.39 is 11.9 Å². The molecule has 1 rings (SSSR count). The van der Waals surface area contributed by atoms with E-state index in [9.17, 15) is 13.2 Å². The van der Waals surface area contributed by atoms with Gasteiger partial charge in [-0.2, -0.15) is 13.2 Å². The number of nitrogens with zero attached hydrogens (tertiary/aromatic N) is 2. The molecule has 0 saturated carbocycles. The molecular weight excluding hydrogens is 169 g/mol. The van der Waals surface area contributed by atoms with Crippen LogP contribution < -0.4 is 0 Å². The van der Waals surface area contributed by atoms with Crippen molar-refractivity contribution < 1.29 is 13.2 Å². The van der Waals surface area contributed by atoms with Gasteiger partial charge in [0.2, 0.25) is 0 Å². The first kappa shape index (κ1) is 8.83. The first-order valence-electron chi connectivity index (χ1n) is 3.23. The summed E-state index contributed by atoms with van der Waals surface area (Å²) in [6, 6.07) is 0. The standard InChI is InChI=1S/C7H7F3N2/c1-2-12-4-3-11-6(5-12)7(8,9)10/h2-4H,1,5H2. The number of hydrogen-bond acceptors (Lipinski definition) is 2. The van der Waals surface area contributed by atoms with Crippen LogP contribution in [-0.4, -0.2) is 23.3 Å². The second-order valence-corrected chi connectivity index (χ2v) is 2.23. The van der Waals surface area contributed by atoms with Crippen molar-refractivity contribution in [2.45, 2.75) is 6.18 Å². The van der Waals surface area contributed by atoms with E-state index in [0.717, 1.165) is 6.20 Å². The molecule has 0 radical (unpaired) electrons. The molecule has 0 unspecified atom stereocenters. The van der Waals surface area contributed by atoms with E-state index in [1.54, 1.807) is 0 Å². The molecule has 0 aromatic rings. The summed E-state index contributed by atoms with van der Waals surface area (Å²) in [5.41, 5.74) is -0.801. The average Bonchev–Trinajstić information content (AvgIpc) is 2.03. The third-order valence-electron chi connectivity index (χ3n) is 1.38. The maximum atomic E-state index is 12.0. The Morgan fingerprint density at radius 1 is 1.58 bits per heavy atom. The fraction of sp³-hybridized carbons (Fsp3) is 0.286. The molecule has 1 aliphatic rings. The molecule has 0 aliphatic carbocycles. The van der Waals surface area contributed by atoms with Gasteiger partial charge in [-0.1, -0.05) is 6.58 Å². The fourth-order valence-electron chi connectivity index (χ4n) is 0.764. The van der Waals surface area contributed by atoms with Gasteiger partial charge in [0.05, 0.1) is 6.54 Å². The van der Waals surface area contributed by atoms with Crippen LogP contribution in [0.1, 0.15) is 0 Å². The maximum Gasteiger partial charge on any atom is 0.431 e. The fourth-order valence-corrected chi connectivity index (χ4v) is 0.764. The zero-order chi connectivity index (χ0) is 9.19. The minimum atomic E-state index is -4.34. The van der Waals surface area contributed by atoms with E-state index in [0.29, 0.717) is 0 Å². The van der Waals surface area contributed by atoms with Crippen molar-refractivity contribution in [2.75, 3.05) is 6.54 Å². The highest BCUT2D eigenvalue weighted by Gasteiger charge is 2.36. The average molecular weight is 176 g/mol. The van der Waals surface area contributed by atoms with Crippen LogP contribution in [0.2, 0.25) is 0 Å². The van der Waals surface area contributed by atoms with Gasteiger partial charge < -0.3 is 4.90 Å². The van der Waals surface area contributed by atoms with Crippen molar-refractivity contribution in [2.24, 2.45) is 4.99 Å².